The maximum Gasteiger partial charge on any atom is 0.273 e. The van der Waals surface area contributed by atoms with Gasteiger partial charge in [-0.05, 0) is 37.1 Å². The minimum atomic E-state index is -0.152. The number of benzene rings is 1. The molecule has 0 bridgehead atoms. The summed E-state index contributed by atoms with van der Waals surface area (Å²) >= 11 is 3.37. The van der Waals surface area contributed by atoms with Crippen LogP contribution >= 0.6 is 15.9 Å². The highest BCUT2D eigenvalue weighted by atomic mass is 79.9. The molecule has 0 spiro atoms. The zero-order chi connectivity index (χ0) is 12.5. The number of halogens is 1. The van der Waals surface area contributed by atoms with Crippen molar-refractivity contribution in [3.05, 3.63) is 40.6 Å². The molecule has 1 aromatic heterocycles. The van der Waals surface area contributed by atoms with Crippen molar-refractivity contribution in [1.82, 2.24) is 20.3 Å². The largest absolute Gasteiger partial charge is 0.348 e. The number of hydrogen-bond donors (Lipinski definition) is 1. The van der Waals surface area contributed by atoms with Crippen LogP contribution in [0.5, 0.6) is 0 Å². The van der Waals surface area contributed by atoms with Crippen LogP contribution < -0.4 is 5.32 Å². The highest BCUT2D eigenvalue weighted by Crippen LogP contribution is 2.19. The topological polar surface area (TPSA) is 59.8 Å². The van der Waals surface area contributed by atoms with E-state index in [0.717, 1.165) is 23.0 Å². The number of aromatic nitrogens is 3. The number of nitrogens with one attached hydrogen (secondary N) is 1. The van der Waals surface area contributed by atoms with Crippen LogP contribution in [-0.4, -0.2) is 26.9 Å². The number of nitrogens with zero attached hydrogens (tertiary/aromatic N) is 3. The molecule has 3 rings (SSSR count). The van der Waals surface area contributed by atoms with E-state index >= 15 is 0 Å². The Kier molecular flexibility index (Phi) is 2.87. The Balaban J connectivity index is 1.79. The third-order valence-electron chi connectivity index (χ3n) is 2.73. The van der Waals surface area contributed by atoms with E-state index in [0.29, 0.717) is 11.7 Å². The highest BCUT2D eigenvalue weighted by Gasteiger charge is 2.25. The third kappa shape index (κ3) is 2.43. The van der Waals surface area contributed by atoms with Crippen molar-refractivity contribution in [3.63, 3.8) is 0 Å². The first-order chi connectivity index (χ1) is 8.72. The van der Waals surface area contributed by atoms with Crippen molar-refractivity contribution in [2.24, 2.45) is 0 Å². The first-order valence-electron chi connectivity index (χ1n) is 5.71. The smallest absolute Gasteiger partial charge is 0.273 e. The SMILES string of the molecule is O=C(NC1CC1)c1cn(-c2ccc(Br)cc2)nn1. The van der Waals surface area contributed by atoms with Gasteiger partial charge in [0.15, 0.2) is 5.69 Å². The lowest BCUT2D eigenvalue weighted by atomic mass is 10.3. The summed E-state index contributed by atoms with van der Waals surface area (Å²) in [6, 6.07) is 7.97. The second kappa shape index (κ2) is 4.53. The first-order valence-corrected chi connectivity index (χ1v) is 6.51. The predicted molar refractivity (Wildman–Crippen MR) is 69.5 cm³/mol. The van der Waals surface area contributed by atoms with Crippen molar-refractivity contribution in [2.75, 3.05) is 0 Å². The second-order valence-corrected chi connectivity index (χ2v) is 5.19. The van der Waals surface area contributed by atoms with Crippen LogP contribution in [-0.2, 0) is 0 Å². The van der Waals surface area contributed by atoms with Crippen LogP contribution in [0, 0.1) is 0 Å². The molecule has 1 aliphatic carbocycles. The molecule has 0 unspecified atom stereocenters. The summed E-state index contributed by atoms with van der Waals surface area (Å²) in [5.74, 6) is -0.152. The van der Waals surface area contributed by atoms with E-state index in [4.69, 9.17) is 0 Å². The second-order valence-electron chi connectivity index (χ2n) is 4.27. The van der Waals surface area contributed by atoms with Crippen molar-refractivity contribution in [2.45, 2.75) is 18.9 Å². The minimum Gasteiger partial charge on any atom is -0.348 e. The van der Waals surface area contributed by atoms with Gasteiger partial charge in [0.05, 0.1) is 11.9 Å². The summed E-state index contributed by atoms with van der Waals surface area (Å²) in [6.07, 6.45) is 3.76. The summed E-state index contributed by atoms with van der Waals surface area (Å²) in [7, 11) is 0. The van der Waals surface area contributed by atoms with E-state index in [9.17, 15) is 4.79 Å². The average molecular weight is 307 g/mol. The summed E-state index contributed by atoms with van der Waals surface area (Å²) in [4.78, 5) is 11.8. The Labute approximate surface area is 112 Å². The van der Waals surface area contributed by atoms with Gasteiger partial charge in [-0.2, -0.15) is 0 Å². The van der Waals surface area contributed by atoms with Gasteiger partial charge in [-0.25, -0.2) is 4.68 Å². The quantitative estimate of drug-likeness (QED) is 0.942. The van der Waals surface area contributed by atoms with Crippen molar-refractivity contribution < 1.29 is 4.79 Å². The number of carbonyl (C=O) groups is 1. The van der Waals surface area contributed by atoms with Crippen LogP contribution in [0.1, 0.15) is 23.3 Å². The summed E-state index contributed by atoms with van der Waals surface area (Å²) in [5, 5.41) is 10.7. The minimum absolute atomic E-state index is 0.152. The lowest BCUT2D eigenvalue weighted by Gasteiger charge is -1.99. The van der Waals surface area contributed by atoms with Gasteiger partial charge < -0.3 is 5.32 Å². The van der Waals surface area contributed by atoms with E-state index in [2.05, 4.69) is 31.6 Å². The summed E-state index contributed by atoms with van der Waals surface area (Å²) in [5.41, 5.74) is 1.22. The molecule has 0 aliphatic heterocycles. The molecule has 1 N–H and O–H groups in total. The van der Waals surface area contributed by atoms with E-state index in [-0.39, 0.29) is 5.91 Å². The fourth-order valence-corrected chi connectivity index (χ4v) is 1.84. The monoisotopic (exact) mass is 306 g/mol. The number of amides is 1. The molecular weight excluding hydrogens is 296 g/mol. The molecule has 1 heterocycles. The van der Waals surface area contributed by atoms with Crippen molar-refractivity contribution in [1.29, 1.82) is 0 Å². The molecule has 0 radical (unpaired) electrons. The third-order valence-corrected chi connectivity index (χ3v) is 3.26. The fourth-order valence-electron chi connectivity index (χ4n) is 1.57. The molecule has 1 aromatic carbocycles. The van der Waals surface area contributed by atoms with Crippen LogP contribution in [0.25, 0.3) is 5.69 Å². The zero-order valence-electron chi connectivity index (χ0n) is 9.51. The van der Waals surface area contributed by atoms with Gasteiger partial charge in [0.25, 0.3) is 5.91 Å². The normalized spacial score (nSPS) is 14.5. The molecule has 1 fully saturated rings. The standard InChI is InChI=1S/C12H11BrN4O/c13-8-1-5-10(6-2-8)17-7-11(15-16-17)12(18)14-9-3-4-9/h1-2,5-7,9H,3-4H2,(H,14,18). The molecule has 92 valence electrons. The molecule has 5 nitrogen and oxygen atoms in total. The van der Waals surface area contributed by atoms with Crippen LogP contribution in [0.2, 0.25) is 0 Å². The van der Waals surface area contributed by atoms with E-state index < -0.39 is 0 Å². The zero-order valence-corrected chi connectivity index (χ0v) is 11.1. The first kappa shape index (κ1) is 11.4. The molecule has 0 saturated heterocycles. The predicted octanol–water partition coefficient (Wildman–Crippen LogP) is 1.92. The molecule has 1 amide bonds. The van der Waals surface area contributed by atoms with E-state index in [1.165, 1.54) is 0 Å². The molecule has 0 atom stereocenters. The highest BCUT2D eigenvalue weighted by molar-refractivity contribution is 9.10. The maximum absolute atomic E-state index is 11.8. The van der Waals surface area contributed by atoms with Crippen molar-refractivity contribution >= 4 is 21.8 Å². The van der Waals surface area contributed by atoms with Gasteiger partial charge in [-0.1, -0.05) is 21.1 Å². The van der Waals surface area contributed by atoms with Gasteiger partial charge in [0.1, 0.15) is 0 Å². The lowest BCUT2D eigenvalue weighted by molar-refractivity contribution is 0.0946. The van der Waals surface area contributed by atoms with E-state index in [1.807, 2.05) is 24.3 Å². The van der Waals surface area contributed by atoms with Crippen LogP contribution in [0.15, 0.2) is 34.9 Å². The Morgan fingerprint density at radius 1 is 1.33 bits per heavy atom. The van der Waals surface area contributed by atoms with Gasteiger partial charge in [0, 0.05) is 10.5 Å². The van der Waals surface area contributed by atoms with Crippen LogP contribution in [0.4, 0.5) is 0 Å². The maximum atomic E-state index is 11.8. The van der Waals surface area contributed by atoms with Gasteiger partial charge >= 0.3 is 0 Å². The Hall–Kier alpha value is -1.69. The molecule has 6 heteroatoms. The molecule has 1 saturated carbocycles. The van der Waals surface area contributed by atoms with Crippen LogP contribution in [0.3, 0.4) is 0 Å². The Bertz CT molecular complexity index is 574. The van der Waals surface area contributed by atoms with E-state index in [1.54, 1.807) is 10.9 Å². The molecule has 1 aliphatic rings. The van der Waals surface area contributed by atoms with Gasteiger partial charge in [0.2, 0.25) is 0 Å². The molecule has 2 aromatic rings. The molecule has 18 heavy (non-hydrogen) atoms. The number of hydrogen-bond acceptors (Lipinski definition) is 3. The lowest BCUT2D eigenvalue weighted by Crippen LogP contribution is -2.25. The molecular formula is C12H11BrN4O. The number of carbonyl (C=O) groups excluding carboxylic acids is 1. The Morgan fingerprint density at radius 3 is 2.72 bits per heavy atom. The Morgan fingerprint density at radius 2 is 2.06 bits per heavy atom. The van der Waals surface area contributed by atoms with Gasteiger partial charge in [-0.3, -0.25) is 4.79 Å². The summed E-state index contributed by atoms with van der Waals surface area (Å²) in [6.45, 7) is 0. The fraction of sp³-hybridized carbons (Fsp3) is 0.250. The average Bonchev–Trinajstić information content (AvgIpc) is 3.04. The number of rotatable bonds is 3. The summed E-state index contributed by atoms with van der Waals surface area (Å²) < 4.78 is 2.59. The van der Waals surface area contributed by atoms with Crippen molar-refractivity contribution in [3.8, 4) is 5.69 Å². The van der Waals surface area contributed by atoms with Gasteiger partial charge in [-0.15, -0.1) is 5.10 Å².